The Labute approximate surface area is 73.2 Å². The van der Waals surface area contributed by atoms with Crippen molar-refractivity contribution in [3.8, 4) is 0 Å². The largest absolute Gasteiger partial charge is 4.00 e. The van der Waals surface area contributed by atoms with E-state index >= 15 is 0 Å². The predicted octanol–water partition coefficient (Wildman–Crippen LogP) is -1.00. The van der Waals surface area contributed by atoms with E-state index in [0.29, 0.717) is 0 Å². The molecule has 0 fully saturated rings. The van der Waals surface area contributed by atoms with Crippen molar-refractivity contribution < 1.29 is 30.4 Å². The maximum atomic E-state index is 0. The third-order valence-corrected chi connectivity index (χ3v) is 0. The zero-order valence-corrected chi connectivity index (χ0v) is 11.0. The van der Waals surface area contributed by atoms with Gasteiger partial charge >= 0.3 is 17.6 Å². The SMILES string of the molecule is [Ge+4].[In].[O-2].[O-2].[Zn]. The van der Waals surface area contributed by atoms with Gasteiger partial charge in [-0.25, -0.2) is 0 Å². The molecular weight excluding hydrogens is 285 g/mol. The third-order valence-electron chi connectivity index (χ3n) is 0. The predicted molar refractivity (Wildman–Crippen MR) is 12.9 cm³/mol. The van der Waals surface area contributed by atoms with E-state index < -0.39 is 0 Å². The molecule has 5 heavy (non-hydrogen) atoms. The van der Waals surface area contributed by atoms with E-state index in [9.17, 15) is 0 Å². The summed E-state index contributed by atoms with van der Waals surface area (Å²) in [7, 11) is 0. The summed E-state index contributed by atoms with van der Waals surface area (Å²) in [5, 5.41) is 0. The summed E-state index contributed by atoms with van der Waals surface area (Å²) in [6.07, 6.45) is 0. The number of hydrogen-bond acceptors (Lipinski definition) is 0. The minimum Gasteiger partial charge on any atom is -2.00 e. The Hall–Kier alpha value is 1.96. The van der Waals surface area contributed by atoms with Crippen LogP contribution >= 0.6 is 0 Å². The summed E-state index contributed by atoms with van der Waals surface area (Å²) in [6.45, 7) is 0. The Bertz CT molecular complexity index is 9.61. The van der Waals surface area contributed by atoms with Crippen LogP contribution in [0, 0.1) is 0 Å². The van der Waals surface area contributed by atoms with Crippen LogP contribution in [0.4, 0.5) is 0 Å². The first kappa shape index (κ1) is 64.5. The van der Waals surface area contributed by atoms with Crippen LogP contribution in [0.2, 0.25) is 0 Å². The first-order chi connectivity index (χ1) is 0. The van der Waals surface area contributed by atoms with Gasteiger partial charge in [-0.15, -0.1) is 0 Å². The molecule has 2 nitrogen and oxygen atoms in total. The van der Waals surface area contributed by atoms with Gasteiger partial charge < -0.3 is 11.0 Å². The van der Waals surface area contributed by atoms with Gasteiger partial charge in [0.25, 0.3) is 0 Å². The third kappa shape index (κ3) is 24.4. The fourth-order valence-electron chi connectivity index (χ4n) is 0. The Morgan fingerprint density at radius 1 is 0.800 bits per heavy atom. The van der Waals surface area contributed by atoms with Crippen molar-refractivity contribution in [2.45, 2.75) is 0 Å². The van der Waals surface area contributed by atoms with Gasteiger partial charge in [-0.3, -0.25) is 0 Å². The maximum Gasteiger partial charge on any atom is 4.00 e. The summed E-state index contributed by atoms with van der Waals surface area (Å²) < 4.78 is 0. The van der Waals surface area contributed by atoms with Crippen LogP contribution < -0.4 is 0 Å². The van der Waals surface area contributed by atoms with Crippen molar-refractivity contribution in [1.82, 2.24) is 0 Å². The second-order valence-electron chi connectivity index (χ2n) is 0. The van der Waals surface area contributed by atoms with Gasteiger partial charge in [-0.1, -0.05) is 0 Å². The van der Waals surface area contributed by atoms with E-state index in [1.807, 2.05) is 0 Å². The van der Waals surface area contributed by atoms with E-state index in [1.54, 1.807) is 0 Å². The van der Waals surface area contributed by atoms with E-state index in [4.69, 9.17) is 0 Å². The van der Waals surface area contributed by atoms with Crippen molar-refractivity contribution >= 4 is 43.4 Å². The van der Waals surface area contributed by atoms with Crippen LogP contribution in [-0.4, -0.2) is 43.4 Å². The van der Waals surface area contributed by atoms with Crippen molar-refractivity contribution in [2.75, 3.05) is 0 Å². The van der Waals surface area contributed by atoms with Gasteiger partial charge in [0.1, 0.15) is 0 Å². The molecule has 21 valence electrons. The van der Waals surface area contributed by atoms with E-state index in [-0.39, 0.29) is 73.9 Å². The van der Waals surface area contributed by atoms with Gasteiger partial charge in [-0.05, 0) is 0 Å². The van der Waals surface area contributed by atoms with Crippen LogP contribution in [0.3, 0.4) is 0 Å². The molecule has 0 spiro atoms. The second-order valence-corrected chi connectivity index (χ2v) is 0. The molecule has 0 saturated heterocycles. The second kappa shape index (κ2) is 38.2. The van der Waals surface area contributed by atoms with E-state index in [2.05, 4.69) is 0 Å². The summed E-state index contributed by atoms with van der Waals surface area (Å²) in [5.41, 5.74) is 0. The average Bonchev–Trinajstić information content (AvgIpc) is 0. The van der Waals surface area contributed by atoms with Gasteiger partial charge in [0.05, 0.1) is 0 Å². The smallest absolute Gasteiger partial charge is 2.00 e. The number of rotatable bonds is 0. The van der Waals surface area contributed by atoms with Crippen molar-refractivity contribution in [1.29, 1.82) is 0 Å². The summed E-state index contributed by atoms with van der Waals surface area (Å²) in [4.78, 5) is 0. The monoisotopic (exact) mass is 285 g/mol. The van der Waals surface area contributed by atoms with E-state index in [0.717, 1.165) is 0 Å². The zero-order chi connectivity index (χ0) is 0. The first-order valence-electron chi connectivity index (χ1n) is 0. The maximum absolute atomic E-state index is 0. The zero-order valence-electron chi connectivity index (χ0n) is 2.60. The molecule has 0 bridgehead atoms. The Morgan fingerprint density at radius 2 is 0.800 bits per heavy atom. The topological polar surface area (TPSA) is 57.0 Å². The van der Waals surface area contributed by atoms with Gasteiger partial charge in [0, 0.05) is 45.3 Å². The molecule has 0 amide bonds. The molecule has 0 unspecified atom stereocenters. The fourth-order valence-corrected chi connectivity index (χ4v) is 0. The molecule has 0 aliphatic carbocycles. The van der Waals surface area contributed by atoms with Gasteiger partial charge in [0.2, 0.25) is 0 Å². The summed E-state index contributed by atoms with van der Waals surface area (Å²) >= 11 is 0. The van der Waals surface area contributed by atoms with Crippen molar-refractivity contribution in [3.05, 3.63) is 0 Å². The van der Waals surface area contributed by atoms with Crippen LogP contribution in [-0.2, 0) is 30.4 Å². The fraction of sp³-hybridized carbons (Fsp3) is 0. The molecule has 0 aromatic heterocycles. The molecule has 3 radical (unpaired) electrons. The first-order valence-corrected chi connectivity index (χ1v) is 0. The quantitative estimate of drug-likeness (QED) is 0.513. The van der Waals surface area contributed by atoms with Gasteiger partial charge in [-0.2, -0.15) is 0 Å². The molecule has 5 heteroatoms. The molecular formula is GeInO2Zn. The molecule has 0 aromatic rings. The van der Waals surface area contributed by atoms with Crippen LogP contribution in [0.5, 0.6) is 0 Å². The minimum atomic E-state index is 0. The van der Waals surface area contributed by atoms with Crippen LogP contribution in [0.15, 0.2) is 0 Å². The minimum absolute atomic E-state index is 0. The van der Waals surface area contributed by atoms with Crippen LogP contribution in [0.1, 0.15) is 0 Å². The molecule has 0 aliphatic heterocycles. The molecule has 0 atom stereocenters. The number of hydrogen-bond donors (Lipinski definition) is 0. The molecule has 0 rings (SSSR count). The average molecular weight is 285 g/mol. The summed E-state index contributed by atoms with van der Waals surface area (Å²) in [6, 6.07) is 0. The Kier molecular flexibility index (Phi) is 493. The van der Waals surface area contributed by atoms with Crippen LogP contribution in [0.25, 0.3) is 0 Å². The molecule has 0 N–H and O–H groups in total. The van der Waals surface area contributed by atoms with Gasteiger partial charge in [0.15, 0.2) is 0 Å². The summed E-state index contributed by atoms with van der Waals surface area (Å²) in [5.74, 6) is 0. The van der Waals surface area contributed by atoms with Crippen molar-refractivity contribution in [2.24, 2.45) is 0 Å². The molecule has 0 aliphatic rings. The normalized spacial score (nSPS) is 0. The van der Waals surface area contributed by atoms with E-state index in [1.165, 1.54) is 0 Å². The van der Waals surface area contributed by atoms with Crippen molar-refractivity contribution in [3.63, 3.8) is 0 Å². The molecule has 0 saturated carbocycles. The Balaban J connectivity index is 0. The standard InChI is InChI=1S/Ge.In.2O.Zn/q+4;;2*-2;. The Morgan fingerprint density at radius 3 is 0.800 bits per heavy atom. The molecule has 0 aromatic carbocycles. The molecule has 0 heterocycles.